The number of nitrogens with zero attached hydrogens (tertiary/aromatic N) is 2. The molecule has 1 aliphatic rings. The maximum absolute atomic E-state index is 6.07. The zero-order valence-corrected chi connectivity index (χ0v) is 11.7. The number of hydrogen-bond acceptors (Lipinski definition) is 4. The maximum Gasteiger partial charge on any atom is 0.148 e. The molecule has 2 unspecified atom stereocenters. The number of hydrogen-bond donors (Lipinski definition) is 2. The van der Waals surface area contributed by atoms with Gasteiger partial charge in [0.2, 0.25) is 0 Å². The summed E-state index contributed by atoms with van der Waals surface area (Å²) in [5.41, 5.74) is 7.80. The van der Waals surface area contributed by atoms with Crippen LogP contribution in [-0.2, 0) is 6.54 Å². The molecule has 5 heteroatoms. The Morgan fingerprint density at radius 2 is 2.29 bits per heavy atom. The minimum absolute atomic E-state index is 0.552. The summed E-state index contributed by atoms with van der Waals surface area (Å²) in [4.78, 5) is 0. The van der Waals surface area contributed by atoms with E-state index in [0.717, 1.165) is 29.0 Å². The second kappa shape index (κ2) is 5.21. The highest BCUT2D eigenvalue weighted by Crippen LogP contribution is 2.32. The lowest BCUT2D eigenvalue weighted by molar-refractivity contribution is 0.643. The molecule has 96 valence electrons. The molecule has 1 aliphatic carbocycles. The minimum Gasteiger partial charge on any atom is -0.394 e. The van der Waals surface area contributed by atoms with Crippen LogP contribution in [0.25, 0.3) is 0 Å². The fourth-order valence-corrected chi connectivity index (χ4v) is 3.25. The van der Waals surface area contributed by atoms with Crippen molar-refractivity contribution in [1.29, 1.82) is 0 Å². The number of nitrogens with one attached hydrogen (secondary N) is 1. The SMILES string of the molecule is CCn1nc(C)c(N)c1NC1CCC(SC)C1. The van der Waals surface area contributed by atoms with Gasteiger partial charge in [0, 0.05) is 17.8 Å². The summed E-state index contributed by atoms with van der Waals surface area (Å²) in [7, 11) is 0. The van der Waals surface area contributed by atoms with Gasteiger partial charge in [-0.15, -0.1) is 0 Å². The van der Waals surface area contributed by atoms with Crippen molar-refractivity contribution in [2.24, 2.45) is 0 Å². The molecule has 4 nitrogen and oxygen atoms in total. The van der Waals surface area contributed by atoms with E-state index in [0.29, 0.717) is 6.04 Å². The highest BCUT2D eigenvalue weighted by molar-refractivity contribution is 7.99. The molecule has 1 fully saturated rings. The molecular formula is C12H22N4S. The number of nitrogen functional groups attached to an aromatic ring is 1. The average molecular weight is 254 g/mol. The van der Waals surface area contributed by atoms with Gasteiger partial charge >= 0.3 is 0 Å². The highest BCUT2D eigenvalue weighted by atomic mass is 32.2. The molecule has 1 saturated carbocycles. The molecule has 0 amide bonds. The van der Waals surface area contributed by atoms with Crippen molar-refractivity contribution in [1.82, 2.24) is 9.78 Å². The van der Waals surface area contributed by atoms with Crippen LogP contribution in [-0.4, -0.2) is 27.3 Å². The molecule has 0 bridgehead atoms. The quantitative estimate of drug-likeness (QED) is 0.867. The molecule has 2 atom stereocenters. The fraction of sp³-hybridized carbons (Fsp3) is 0.750. The van der Waals surface area contributed by atoms with Gasteiger partial charge < -0.3 is 11.1 Å². The Morgan fingerprint density at radius 1 is 1.53 bits per heavy atom. The Morgan fingerprint density at radius 3 is 2.88 bits per heavy atom. The Balaban J connectivity index is 2.08. The maximum atomic E-state index is 6.07. The second-order valence-corrected chi connectivity index (χ2v) is 5.81. The van der Waals surface area contributed by atoms with Crippen LogP contribution in [0.1, 0.15) is 31.9 Å². The van der Waals surface area contributed by atoms with Crippen LogP contribution in [0.2, 0.25) is 0 Å². The van der Waals surface area contributed by atoms with E-state index in [1.54, 1.807) is 0 Å². The lowest BCUT2D eigenvalue weighted by atomic mass is 10.2. The first kappa shape index (κ1) is 12.6. The number of thioether (sulfide) groups is 1. The number of nitrogens with two attached hydrogens (primary N) is 1. The van der Waals surface area contributed by atoms with Gasteiger partial charge in [0.05, 0.1) is 11.4 Å². The summed E-state index contributed by atoms with van der Waals surface area (Å²) < 4.78 is 1.97. The first-order valence-electron chi connectivity index (χ1n) is 6.27. The van der Waals surface area contributed by atoms with Gasteiger partial charge in [-0.1, -0.05) is 0 Å². The molecule has 0 saturated heterocycles. The van der Waals surface area contributed by atoms with E-state index in [4.69, 9.17) is 5.73 Å². The molecule has 1 heterocycles. The van der Waals surface area contributed by atoms with E-state index >= 15 is 0 Å². The summed E-state index contributed by atoms with van der Waals surface area (Å²) in [5, 5.41) is 8.81. The van der Waals surface area contributed by atoms with Crippen molar-refractivity contribution < 1.29 is 0 Å². The molecule has 0 aromatic carbocycles. The van der Waals surface area contributed by atoms with Crippen molar-refractivity contribution in [2.75, 3.05) is 17.3 Å². The Hall–Kier alpha value is -0.840. The van der Waals surface area contributed by atoms with Crippen LogP contribution >= 0.6 is 11.8 Å². The molecule has 0 spiro atoms. The topological polar surface area (TPSA) is 55.9 Å². The largest absolute Gasteiger partial charge is 0.394 e. The number of rotatable bonds is 4. The van der Waals surface area contributed by atoms with Crippen molar-refractivity contribution in [3.8, 4) is 0 Å². The van der Waals surface area contributed by atoms with E-state index in [-0.39, 0.29) is 0 Å². The van der Waals surface area contributed by atoms with Gasteiger partial charge in [-0.3, -0.25) is 0 Å². The third-order valence-electron chi connectivity index (χ3n) is 3.53. The van der Waals surface area contributed by atoms with Crippen LogP contribution in [0.15, 0.2) is 0 Å². The molecular weight excluding hydrogens is 232 g/mol. The van der Waals surface area contributed by atoms with Crippen LogP contribution < -0.4 is 11.1 Å². The normalized spacial score (nSPS) is 24.2. The molecule has 2 rings (SSSR count). The zero-order valence-electron chi connectivity index (χ0n) is 10.9. The molecule has 1 aromatic rings. The van der Waals surface area contributed by atoms with Gasteiger partial charge in [-0.05, 0) is 39.4 Å². The highest BCUT2D eigenvalue weighted by Gasteiger charge is 2.25. The van der Waals surface area contributed by atoms with E-state index < -0.39 is 0 Å². The summed E-state index contributed by atoms with van der Waals surface area (Å²) in [6, 6.07) is 0.552. The fourth-order valence-electron chi connectivity index (χ4n) is 2.46. The van der Waals surface area contributed by atoms with Gasteiger partial charge in [0.15, 0.2) is 0 Å². The van der Waals surface area contributed by atoms with E-state index in [1.165, 1.54) is 19.3 Å². The van der Waals surface area contributed by atoms with Gasteiger partial charge in [-0.2, -0.15) is 16.9 Å². The molecule has 17 heavy (non-hydrogen) atoms. The summed E-state index contributed by atoms with van der Waals surface area (Å²) >= 11 is 1.97. The van der Waals surface area contributed by atoms with E-state index in [2.05, 4.69) is 23.6 Å². The number of anilines is 2. The third-order valence-corrected chi connectivity index (χ3v) is 4.63. The molecule has 0 aliphatic heterocycles. The molecule has 1 aromatic heterocycles. The predicted octanol–water partition coefficient (Wildman–Crippen LogP) is 2.49. The summed E-state index contributed by atoms with van der Waals surface area (Å²) in [6.45, 7) is 4.92. The number of aromatic nitrogens is 2. The summed E-state index contributed by atoms with van der Waals surface area (Å²) in [5.74, 6) is 1.01. The number of aryl methyl sites for hydroxylation is 2. The smallest absolute Gasteiger partial charge is 0.148 e. The Labute approximate surface area is 107 Å². The minimum atomic E-state index is 0.552. The monoisotopic (exact) mass is 254 g/mol. The van der Waals surface area contributed by atoms with Crippen LogP contribution in [0.3, 0.4) is 0 Å². The first-order valence-corrected chi connectivity index (χ1v) is 7.56. The van der Waals surface area contributed by atoms with Crippen molar-refractivity contribution in [3.05, 3.63) is 5.69 Å². The van der Waals surface area contributed by atoms with E-state index in [9.17, 15) is 0 Å². The summed E-state index contributed by atoms with van der Waals surface area (Å²) in [6.07, 6.45) is 5.97. The van der Waals surface area contributed by atoms with Crippen LogP contribution in [0, 0.1) is 6.92 Å². The van der Waals surface area contributed by atoms with Crippen LogP contribution in [0.4, 0.5) is 11.5 Å². The van der Waals surface area contributed by atoms with Crippen molar-refractivity contribution in [3.63, 3.8) is 0 Å². The van der Waals surface area contributed by atoms with Gasteiger partial charge in [0.1, 0.15) is 5.82 Å². The first-order chi connectivity index (χ1) is 8.15. The zero-order chi connectivity index (χ0) is 12.4. The van der Waals surface area contributed by atoms with Crippen LogP contribution in [0.5, 0.6) is 0 Å². The Bertz CT molecular complexity index is 388. The Kier molecular flexibility index (Phi) is 3.86. The average Bonchev–Trinajstić information content (AvgIpc) is 2.89. The van der Waals surface area contributed by atoms with Gasteiger partial charge in [-0.25, -0.2) is 4.68 Å². The standard InChI is InChI=1S/C12H22N4S/c1-4-16-12(11(13)8(2)15-16)14-9-5-6-10(7-9)17-3/h9-10,14H,4-7,13H2,1-3H3. The molecule has 0 radical (unpaired) electrons. The van der Waals surface area contributed by atoms with Crippen molar-refractivity contribution >= 4 is 23.3 Å². The van der Waals surface area contributed by atoms with Crippen molar-refractivity contribution in [2.45, 2.75) is 50.9 Å². The predicted molar refractivity (Wildman–Crippen MR) is 75.6 cm³/mol. The van der Waals surface area contributed by atoms with Gasteiger partial charge in [0.25, 0.3) is 0 Å². The third kappa shape index (κ3) is 2.54. The second-order valence-electron chi connectivity index (χ2n) is 4.68. The lowest BCUT2D eigenvalue weighted by Crippen LogP contribution is -2.19. The molecule has 3 N–H and O–H groups in total. The van der Waals surface area contributed by atoms with E-state index in [1.807, 2.05) is 23.4 Å². The lowest BCUT2D eigenvalue weighted by Gasteiger charge is -2.15.